The van der Waals surface area contributed by atoms with Gasteiger partial charge in [0, 0.05) is 17.8 Å². The predicted octanol–water partition coefficient (Wildman–Crippen LogP) is 4.38. The molecule has 0 fully saturated rings. The number of aromatic nitrogens is 3. The zero-order chi connectivity index (χ0) is 21.1. The summed E-state index contributed by atoms with van der Waals surface area (Å²) in [6, 6.07) is 3.32. The second-order valence-electron chi connectivity index (χ2n) is 7.38. The molecule has 0 atom stereocenters. The molecule has 0 spiro atoms. The van der Waals surface area contributed by atoms with Crippen molar-refractivity contribution in [1.82, 2.24) is 14.8 Å². The van der Waals surface area contributed by atoms with Gasteiger partial charge in [0.25, 0.3) is 0 Å². The van der Waals surface area contributed by atoms with Gasteiger partial charge in [0.1, 0.15) is 11.4 Å². The van der Waals surface area contributed by atoms with Crippen LogP contribution in [0.4, 0.5) is 10.6 Å². The Morgan fingerprint density at radius 2 is 1.96 bits per heavy atom. The number of carbonyl (C=O) groups is 2. The van der Waals surface area contributed by atoms with Crippen molar-refractivity contribution in [3.8, 4) is 11.3 Å². The second-order valence-corrected chi connectivity index (χ2v) is 7.78. The summed E-state index contributed by atoms with van der Waals surface area (Å²) in [5.74, 6) is -0.0864. The summed E-state index contributed by atoms with van der Waals surface area (Å²) >= 11 is 6.28. The molecule has 0 radical (unpaired) electrons. The summed E-state index contributed by atoms with van der Waals surface area (Å²) in [5.41, 5.74) is 0.0516. The summed E-state index contributed by atoms with van der Waals surface area (Å²) in [6.07, 6.45) is 0.700. The maximum Gasteiger partial charge on any atom is 0.436 e. The highest BCUT2D eigenvalue weighted by atomic mass is 35.5. The monoisotopic (exact) mass is 408 g/mol. The van der Waals surface area contributed by atoms with Crippen LogP contribution in [0.3, 0.4) is 0 Å². The van der Waals surface area contributed by atoms with Gasteiger partial charge in [-0.3, -0.25) is 0 Å². The first kappa shape index (κ1) is 21.7. The maximum atomic E-state index is 12.5. The molecule has 8 nitrogen and oxygen atoms in total. The highest BCUT2D eigenvalue weighted by Gasteiger charge is 2.26. The van der Waals surface area contributed by atoms with Gasteiger partial charge in [0.05, 0.1) is 17.3 Å². The molecule has 0 amide bonds. The van der Waals surface area contributed by atoms with Crippen molar-refractivity contribution in [2.24, 2.45) is 0 Å². The van der Waals surface area contributed by atoms with Gasteiger partial charge in [-0.1, -0.05) is 11.6 Å². The van der Waals surface area contributed by atoms with Gasteiger partial charge >= 0.3 is 12.1 Å². The van der Waals surface area contributed by atoms with E-state index in [2.05, 4.69) is 15.4 Å². The van der Waals surface area contributed by atoms with Crippen LogP contribution in [-0.4, -0.2) is 45.1 Å². The van der Waals surface area contributed by atoms with Crippen LogP contribution in [0.1, 0.15) is 52.0 Å². The van der Waals surface area contributed by atoms with Crippen LogP contribution in [0.5, 0.6) is 0 Å². The van der Waals surface area contributed by atoms with Gasteiger partial charge in [-0.15, -0.1) is 0 Å². The zero-order valence-electron chi connectivity index (χ0n) is 16.9. The number of nitrogens with zero attached hydrogens (tertiary/aromatic N) is 3. The minimum absolute atomic E-state index is 0.0441. The first-order chi connectivity index (χ1) is 13.0. The molecule has 0 unspecified atom stereocenters. The smallest absolute Gasteiger partial charge is 0.436 e. The van der Waals surface area contributed by atoms with E-state index < -0.39 is 17.7 Å². The summed E-state index contributed by atoms with van der Waals surface area (Å²) in [7, 11) is 0. The fourth-order valence-electron chi connectivity index (χ4n) is 2.32. The van der Waals surface area contributed by atoms with Crippen LogP contribution in [0.2, 0.25) is 5.02 Å². The lowest BCUT2D eigenvalue weighted by Crippen LogP contribution is -2.29. The van der Waals surface area contributed by atoms with E-state index in [4.69, 9.17) is 21.1 Å². The number of carbonyl (C=O) groups excluding carboxylic acids is 2. The molecule has 0 bridgehead atoms. The number of nitrogens with one attached hydrogen (secondary N) is 1. The lowest BCUT2D eigenvalue weighted by atomic mass is 10.2. The first-order valence-corrected chi connectivity index (χ1v) is 9.32. The molecule has 2 aromatic heterocycles. The normalized spacial score (nSPS) is 11.4. The molecule has 152 valence electrons. The molecular weight excluding hydrogens is 384 g/mol. The van der Waals surface area contributed by atoms with Crippen molar-refractivity contribution < 1.29 is 19.1 Å². The predicted molar refractivity (Wildman–Crippen MR) is 107 cm³/mol. The van der Waals surface area contributed by atoms with Crippen LogP contribution in [0, 0.1) is 0 Å². The van der Waals surface area contributed by atoms with Crippen LogP contribution in [0.25, 0.3) is 11.3 Å². The van der Waals surface area contributed by atoms with E-state index in [1.165, 1.54) is 12.3 Å². The van der Waals surface area contributed by atoms with Gasteiger partial charge in [0.2, 0.25) is 0 Å². The van der Waals surface area contributed by atoms with E-state index >= 15 is 0 Å². The van der Waals surface area contributed by atoms with E-state index in [1.807, 2.05) is 13.8 Å². The largest absolute Gasteiger partial charge is 0.461 e. The van der Waals surface area contributed by atoms with Crippen LogP contribution >= 0.6 is 11.6 Å². The number of halogens is 1. The van der Waals surface area contributed by atoms with E-state index in [0.29, 0.717) is 22.1 Å². The van der Waals surface area contributed by atoms with Crippen molar-refractivity contribution in [1.29, 1.82) is 0 Å². The van der Waals surface area contributed by atoms with E-state index in [-0.39, 0.29) is 18.3 Å². The molecule has 0 aromatic carbocycles. The summed E-state index contributed by atoms with van der Waals surface area (Å²) in [4.78, 5) is 29.1. The Morgan fingerprint density at radius 1 is 1.29 bits per heavy atom. The van der Waals surface area contributed by atoms with Crippen molar-refractivity contribution in [3.63, 3.8) is 0 Å². The molecule has 0 saturated carbocycles. The van der Waals surface area contributed by atoms with Crippen molar-refractivity contribution in [2.45, 2.75) is 53.2 Å². The van der Waals surface area contributed by atoms with Crippen molar-refractivity contribution in [3.05, 3.63) is 29.0 Å². The van der Waals surface area contributed by atoms with E-state index in [1.54, 1.807) is 33.8 Å². The minimum Gasteiger partial charge on any atom is -0.461 e. The quantitative estimate of drug-likeness (QED) is 0.733. The Kier molecular flexibility index (Phi) is 6.66. The van der Waals surface area contributed by atoms with Crippen LogP contribution in [-0.2, 0) is 9.47 Å². The first-order valence-electron chi connectivity index (χ1n) is 8.94. The summed E-state index contributed by atoms with van der Waals surface area (Å²) in [5, 5.41) is 7.76. The number of esters is 1. The number of anilines is 1. The zero-order valence-corrected chi connectivity index (χ0v) is 17.6. The Hall–Kier alpha value is -2.61. The highest BCUT2D eigenvalue weighted by Crippen LogP contribution is 2.29. The maximum absolute atomic E-state index is 12.5. The summed E-state index contributed by atoms with van der Waals surface area (Å²) in [6.45, 7) is 11.0. The molecule has 0 aliphatic rings. The van der Waals surface area contributed by atoms with Crippen LogP contribution in [0.15, 0.2) is 18.3 Å². The molecule has 2 aromatic rings. The summed E-state index contributed by atoms with van der Waals surface area (Å²) < 4.78 is 11.3. The fraction of sp³-hybridized carbons (Fsp3) is 0.474. The average Bonchev–Trinajstić information content (AvgIpc) is 3.00. The number of hydrogen-bond acceptors (Lipinski definition) is 7. The molecule has 1 N–H and O–H groups in total. The third-order valence-electron chi connectivity index (χ3n) is 3.33. The topological polar surface area (TPSA) is 95.3 Å². The molecule has 2 rings (SSSR count). The van der Waals surface area contributed by atoms with Gasteiger partial charge in [-0.2, -0.15) is 9.78 Å². The molecule has 2 heterocycles. The van der Waals surface area contributed by atoms with E-state index in [9.17, 15) is 9.59 Å². The Balaban J connectivity index is 2.53. The fourth-order valence-corrected chi connectivity index (χ4v) is 2.52. The Labute approximate surface area is 169 Å². The van der Waals surface area contributed by atoms with E-state index in [0.717, 1.165) is 4.68 Å². The SMILES string of the molecule is CCOC(=O)c1cc(-c2cc(NC(C)C)ncc2Cl)nn1C(=O)OC(C)(C)C. The second kappa shape index (κ2) is 8.60. The molecular formula is C19H25ClN4O4. The number of ether oxygens (including phenoxy) is 2. The van der Waals surface area contributed by atoms with Crippen LogP contribution < -0.4 is 5.32 Å². The molecule has 0 aliphatic heterocycles. The Morgan fingerprint density at radius 3 is 2.54 bits per heavy atom. The van der Waals surface area contributed by atoms with Gasteiger partial charge in [0.15, 0.2) is 5.69 Å². The lowest BCUT2D eigenvalue weighted by Gasteiger charge is -2.19. The number of pyridine rings is 1. The van der Waals surface area contributed by atoms with Gasteiger partial charge < -0.3 is 14.8 Å². The van der Waals surface area contributed by atoms with Crippen molar-refractivity contribution >= 4 is 29.5 Å². The molecule has 28 heavy (non-hydrogen) atoms. The minimum atomic E-state index is -0.785. The third-order valence-corrected chi connectivity index (χ3v) is 3.63. The Bertz CT molecular complexity index is 871. The number of rotatable bonds is 5. The van der Waals surface area contributed by atoms with Gasteiger partial charge in [-0.25, -0.2) is 14.6 Å². The standard InChI is InChI=1S/C19H25ClN4O4/c1-7-27-17(25)15-9-14(23-24(15)18(26)28-19(4,5)6)12-8-16(22-11(2)3)21-10-13(12)20/h8-11H,7H2,1-6H3,(H,21,22). The lowest BCUT2D eigenvalue weighted by molar-refractivity contribution is 0.0433. The molecule has 0 aliphatic carbocycles. The van der Waals surface area contributed by atoms with Crippen molar-refractivity contribution in [2.75, 3.05) is 11.9 Å². The highest BCUT2D eigenvalue weighted by molar-refractivity contribution is 6.33. The molecule has 0 saturated heterocycles. The average molecular weight is 409 g/mol. The van der Waals surface area contributed by atoms with Gasteiger partial charge in [-0.05, 0) is 53.7 Å². The molecule has 9 heteroatoms. The third kappa shape index (κ3) is 5.45. The number of hydrogen-bond donors (Lipinski definition) is 1.